The normalized spacial score (nSPS) is 10.7. The summed E-state index contributed by atoms with van der Waals surface area (Å²) < 4.78 is 0. The minimum Gasteiger partial charge on any atom is -0.331 e. The maximum Gasteiger partial charge on any atom is 0.285 e. The molecule has 0 saturated heterocycles. The molecule has 0 aromatic heterocycles. The Morgan fingerprint density at radius 1 is 1.53 bits per heavy atom. The topological polar surface area (TPSA) is 29.1 Å². The van der Waals surface area contributed by atoms with Crippen LogP contribution in [0.5, 0.6) is 0 Å². The Kier molecular flexibility index (Phi) is 4.65. The molecule has 1 aromatic rings. The first-order chi connectivity index (χ1) is 7.96. The van der Waals surface area contributed by atoms with Gasteiger partial charge < -0.3 is 5.32 Å². The van der Waals surface area contributed by atoms with E-state index in [4.69, 9.17) is 6.42 Å². The minimum atomic E-state index is -0.605. The zero-order valence-corrected chi connectivity index (χ0v) is 11.2. The van der Waals surface area contributed by atoms with Crippen molar-refractivity contribution in [3.8, 4) is 12.3 Å². The molecule has 2 nitrogen and oxygen atoms in total. The highest BCUT2D eigenvalue weighted by atomic mass is 32.2. The predicted molar refractivity (Wildman–Crippen MR) is 73.1 cm³/mol. The first-order valence-electron chi connectivity index (χ1n) is 5.53. The van der Waals surface area contributed by atoms with Gasteiger partial charge in [0.15, 0.2) is 0 Å². The highest BCUT2D eigenvalue weighted by Gasteiger charge is 2.17. The quantitative estimate of drug-likeness (QED) is 0.654. The Morgan fingerprint density at radius 2 is 2.24 bits per heavy atom. The van der Waals surface area contributed by atoms with Gasteiger partial charge in [0, 0.05) is 4.90 Å². The van der Waals surface area contributed by atoms with Gasteiger partial charge in [-0.05, 0) is 49.7 Å². The van der Waals surface area contributed by atoms with E-state index in [1.54, 1.807) is 13.8 Å². The predicted octanol–water partition coefficient (Wildman–Crippen LogP) is 3.46. The van der Waals surface area contributed by atoms with Gasteiger partial charge >= 0.3 is 0 Å². The number of thioether (sulfide) groups is 1. The molecular weight excluding hydrogens is 230 g/mol. The molecule has 90 valence electrons. The van der Waals surface area contributed by atoms with Gasteiger partial charge in [0.1, 0.15) is 0 Å². The van der Waals surface area contributed by atoms with E-state index >= 15 is 0 Å². The van der Waals surface area contributed by atoms with E-state index < -0.39 is 5.54 Å². The fourth-order valence-electron chi connectivity index (χ4n) is 1.25. The van der Waals surface area contributed by atoms with Crippen LogP contribution in [0.2, 0.25) is 0 Å². The lowest BCUT2D eigenvalue weighted by Gasteiger charge is -2.18. The number of rotatable bonds is 3. The molecule has 0 bridgehead atoms. The average molecular weight is 247 g/mol. The maximum absolute atomic E-state index is 11.7. The van der Waals surface area contributed by atoms with E-state index in [-0.39, 0.29) is 5.24 Å². The van der Waals surface area contributed by atoms with Crippen LogP contribution in [0.25, 0.3) is 0 Å². The number of hydrogen-bond donors (Lipinski definition) is 1. The molecule has 0 spiro atoms. The Labute approximate surface area is 107 Å². The summed E-state index contributed by atoms with van der Waals surface area (Å²) >= 11 is 1.17. The van der Waals surface area contributed by atoms with Gasteiger partial charge in [-0.1, -0.05) is 25.0 Å². The monoisotopic (exact) mass is 247 g/mol. The van der Waals surface area contributed by atoms with E-state index in [1.807, 2.05) is 24.3 Å². The first-order valence-corrected chi connectivity index (χ1v) is 6.35. The minimum absolute atomic E-state index is 0.124. The number of amides is 1. The number of carbonyl (C=O) groups excluding carboxylic acids is 1. The van der Waals surface area contributed by atoms with Gasteiger partial charge in [-0.15, -0.1) is 6.42 Å². The van der Waals surface area contributed by atoms with Crippen LogP contribution in [0, 0.1) is 12.3 Å². The Balaban J connectivity index is 2.66. The van der Waals surface area contributed by atoms with Gasteiger partial charge in [0.25, 0.3) is 5.24 Å². The van der Waals surface area contributed by atoms with Gasteiger partial charge in [0.05, 0.1) is 5.54 Å². The summed E-state index contributed by atoms with van der Waals surface area (Å²) in [5, 5.41) is 2.66. The Morgan fingerprint density at radius 3 is 2.82 bits per heavy atom. The number of aryl methyl sites for hydroxylation is 1. The van der Waals surface area contributed by atoms with E-state index in [0.29, 0.717) is 0 Å². The molecule has 3 heteroatoms. The Hall–Kier alpha value is -1.40. The SMILES string of the molecule is C#CC(C)(C)NC(=O)Sc1cccc(CC)c1. The zero-order valence-electron chi connectivity index (χ0n) is 10.4. The molecular formula is C14H17NOS. The highest BCUT2D eigenvalue weighted by Crippen LogP contribution is 2.21. The molecule has 0 heterocycles. The van der Waals surface area contributed by atoms with Crippen LogP contribution in [0.4, 0.5) is 4.79 Å². The van der Waals surface area contributed by atoms with Crippen molar-refractivity contribution < 1.29 is 4.79 Å². The number of nitrogens with one attached hydrogen (secondary N) is 1. The van der Waals surface area contributed by atoms with Crippen LogP contribution < -0.4 is 5.32 Å². The summed E-state index contributed by atoms with van der Waals surface area (Å²) in [4.78, 5) is 12.7. The van der Waals surface area contributed by atoms with E-state index in [2.05, 4.69) is 18.2 Å². The second kappa shape index (κ2) is 5.79. The van der Waals surface area contributed by atoms with Crippen LogP contribution in [0.15, 0.2) is 29.2 Å². The summed E-state index contributed by atoms with van der Waals surface area (Å²) in [6.07, 6.45) is 6.28. The number of carbonyl (C=O) groups is 1. The molecule has 0 radical (unpaired) electrons. The largest absolute Gasteiger partial charge is 0.331 e. The lowest BCUT2D eigenvalue weighted by atomic mass is 10.1. The fraction of sp³-hybridized carbons (Fsp3) is 0.357. The number of terminal acetylenes is 1. The van der Waals surface area contributed by atoms with Crippen LogP contribution in [0.3, 0.4) is 0 Å². The molecule has 0 unspecified atom stereocenters. The summed E-state index contributed by atoms with van der Waals surface area (Å²) in [7, 11) is 0. The van der Waals surface area contributed by atoms with Crippen molar-refractivity contribution in [1.82, 2.24) is 5.32 Å². The van der Waals surface area contributed by atoms with Crippen molar-refractivity contribution in [3.05, 3.63) is 29.8 Å². The lowest BCUT2D eigenvalue weighted by Crippen LogP contribution is -2.39. The molecule has 1 N–H and O–H groups in total. The first kappa shape index (κ1) is 13.7. The van der Waals surface area contributed by atoms with Gasteiger partial charge in [-0.3, -0.25) is 4.79 Å². The standard InChI is InChI=1S/C14H17NOS/c1-5-11-8-7-9-12(10-11)17-13(16)15-14(3,4)6-2/h2,7-10H,5H2,1,3-4H3,(H,15,16). The van der Waals surface area contributed by atoms with Crippen LogP contribution >= 0.6 is 11.8 Å². The molecule has 0 atom stereocenters. The maximum atomic E-state index is 11.7. The van der Waals surface area contributed by atoms with E-state index in [0.717, 1.165) is 11.3 Å². The van der Waals surface area contributed by atoms with Crippen molar-refractivity contribution >= 4 is 17.0 Å². The van der Waals surface area contributed by atoms with Gasteiger partial charge in [-0.25, -0.2) is 0 Å². The molecule has 0 fully saturated rings. The van der Waals surface area contributed by atoms with Gasteiger partial charge in [0.2, 0.25) is 0 Å². The third-order valence-electron chi connectivity index (χ3n) is 2.29. The molecule has 0 saturated carbocycles. The molecule has 0 aliphatic carbocycles. The second-order valence-corrected chi connectivity index (χ2v) is 5.33. The average Bonchev–Trinajstić information content (AvgIpc) is 2.28. The Bertz CT molecular complexity index is 446. The molecule has 17 heavy (non-hydrogen) atoms. The van der Waals surface area contributed by atoms with E-state index in [1.165, 1.54) is 17.3 Å². The highest BCUT2D eigenvalue weighted by molar-refractivity contribution is 8.13. The third kappa shape index (κ3) is 4.54. The number of benzene rings is 1. The van der Waals surface area contributed by atoms with Crippen molar-refractivity contribution in [3.63, 3.8) is 0 Å². The smallest absolute Gasteiger partial charge is 0.285 e. The van der Waals surface area contributed by atoms with E-state index in [9.17, 15) is 4.79 Å². The lowest BCUT2D eigenvalue weighted by molar-refractivity contribution is 0.256. The number of hydrogen-bond acceptors (Lipinski definition) is 2. The molecule has 1 amide bonds. The molecule has 0 aliphatic heterocycles. The van der Waals surface area contributed by atoms with Crippen molar-refractivity contribution in [2.24, 2.45) is 0 Å². The zero-order chi connectivity index (χ0) is 12.9. The van der Waals surface area contributed by atoms with Crippen molar-refractivity contribution in [2.45, 2.75) is 37.6 Å². The van der Waals surface area contributed by atoms with Gasteiger partial charge in [-0.2, -0.15) is 0 Å². The van der Waals surface area contributed by atoms with Crippen LogP contribution in [0.1, 0.15) is 26.3 Å². The van der Waals surface area contributed by atoms with Crippen LogP contribution in [-0.4, -0.2) is 10.8 Å². The molecule has 0 aliphatic rings. The van der Waals surface area contributed by atoms with Crippen LogP contribution in [-0.2, 0) is 6.42 Å². The molecule has 1 aromatic carbocycles. The van der Waals surface area contributed by atoms with Crippen molar-refractivity contribution in [1.29, 1.82) is 0 Å². The fourth-order valence-corrected chi connectivity index (χ4v) is 2.13. The summed E-state index contributed by atoms with van der Waals surface area (Å²) in [6.45, 7) is 5.69. The summed E-state index contributed by atoms with van der Waals surface area (Å²) in [6, 6.07) is 7.95. The molecule has 1 rings (SSSR count). The second-order valence-electron chi connectivity index (χ2n) is 4.28. The summed E-state index contributed by atoms with van der Waals surface area (Å²) in [5.41, 5.74) is 0.617. The van der Waals surface area contributed by atoms with Crippen molar-refractivity contribution in [2.75, 3.05) is 0 Å². The third-order valence-corrected chi connectivity index (χ3v) is 3.07. The summed E-state index contributed by atoms with van der Waals surface area (Å²) in [5.74, 6) is 2.54.